The summed E-state index contributed by atoms with van der Waals surface area (Å²) in [4.78, 5) is 22.4. The summed E-state index contributed by atoms with van der Waals surface area (Å²) in [5, 5.41) is 9.17. The Labute approximate surface area is 92.6 Å². The molecule has 2 rings (SSSR count). The predicted octanol–water partition coefficient (Wildman–Crippen LogP) is 1.18. The fourth-order valence-corrected chi connectivity index (χ4v) is 2.25. The number of hydrogen-bond donors (Lipinski definition) is 1. The van der Waals surface area contributed by atoms with E-state index in [1.807, 2.05) is 0 Å². The van der Waals surface area contributed by atoms with E-state index in [1.54, 1.807) is 0 Å². The molecular weight excluding hydrogens is 236 g/mol. The van der Waals surface area contributed by atoms with Gasteiger partial charge in [0, 0.05) is 12.4 Å². The Bertz CT molecular complexity index is 474. The van der Waals surface area contributed by atoms with Gasteiger partial charge in [-0.2, -0.15) is 4.37 Å². The molecule has 0 unspecified atom stereocenters. The van der Waals surface area contributed by atoms with Crippen LogP contribution in [0.15, 0.2) is 28.1 Å². The number of carboxylic acid groups (broad SMARTS) is 1. The molecule has 1 N–H and O–H groups in total. The van der Waals surface area contributed by atoms with Crippen LogP contribution in [0.2, 0.25) is 0 Å². The summed E-state index contributed by atoms with van der Waals surface area (Å²) >= 11 is 2.32. The molecule has 0 saturated carbocycles. The van der Waals surface area contributed by atoms with Crippen LogP contribution in [0, 0.1) is 0 Å². The molecule has 8 heteroatoms. The van der Waals surface area contributed by atoms with Crippen LogP contribution in [-0.2, 0) is 0 Å². The molecule has 0 bridgehead atoms. The first kappa shape index (κ1) is 9.99. The van der Waals surface area contributed by atoms with Gasteiger partial charge in [0.1, 0.15) is 11.4 Å². The van der Waals surface area contributed by atoms with Gasteiger partial charge in [0.15, 0.2) is 10.0 Å². The zero-order valence-corrected chi connectivity index (χ0v) is 8.83. The first-order valence-electron chi connectivity index (χ1n) is 3.76. The molecule has 0 aliphatic rings. The lowest BCUT2D eigenvalue weighted by atomic mass is 10.5. The number of carboxylic acids is 1. The maximum Gasteiger partial charge on any atom is 0.357 e. The zero-order chi connectivity index (χ0) is 10.7. The van der Waals surface area contributed by atoms with Crippen molar-refractivity contribution in [2.75, 3.05) is 0 Å². The summed E-state index contributed by atoms with van der Waals surface area (Å²) in [6, 6.07) is 0. The Hall–Kier alpha value is -1.54. The van der Waals surface area contributed by atoms with E-state index in [9.17, 15) is 4.79 Å². The van der Waals surface area contributed by atoms with Gasteiger partial charge < -0.3 is 5.11 Å². The Morgan fingerprint density at radius 2 is 2.13 bits per heavy atom. The topological polar surface area (TPSA) is 88.9 Å². The fourth-order valence-electron chi connectivity index (χ4n) is 0.837. The number of nitrogens with zero attached hydrogens (tertiary/aromatic N) is 4. The van der Waals surface area contributed by atoms with E-state index in [4.69, 9.17) is 5.11 Å². The van der Waals surface area contributed by atoms with Crippen molar-refractivity contribution in [1.82, 2.24) is 19.3 Å². The highest BCUT2D eigenvalue weighted by Gasteiger charge is 2.14. The Balaban J connectivity index is 2.32. The summed E-state index contributed by atoms with van der Waals surface area (Å²) in [5.74, 6) is -1.10. The molecule has 15 heavy (non-hydrogen) atoms. The summed E-state index contributed by atoms with van der Waals surface area (Å²) in [7, 11) is 0. The molecule has 2 aromatic rings. The average Bonchev–Trinajstić information content (AvgIpc) is 2.71. The van der Waals surface area contributed by atoms with Crippen LogP contribution in [0.25, 0.3) is 0 Å². The Morgan fingerprint density at radius 3 is 2.80 bits per heavy atom. The summed E-state index contributed by atoms with van der Waals surface area (Å²) in [6.07, 6.45) is 4.19. The first-order valence-corrected chi connectivity index (χ1v) is 5.35. The molecule has 0 aromatic carbocycles. The van der Waals surface area contributed by atoms with E-state index in [1.165, 1.54) is 30.3 Å². The second-order valence-corrected chi connectivity index (χ2v) is 4.34. The van der Waals surface area contributed by atoms with Crippen molar-refractivity contribution in [3.05, 3.63) is 24.4 Å². The van der Waals surface area contributed by atoms with E-state index in [-0.39, 0.29) is 5.69 Å². The zero-order valence-electron chi connectivity index (χ0n) is 7.19. The molecule has 0 atom stereocenters. The highest BCUT2D eigenvalue weighted by atomic mass is 32.2. The summed E-state index contributed by atoms with van der Waals surface area (Å²) in [5.41, 5.74) is -0.0716. The maximum absolute atomic E-state index is 10.8. The van der Waals surface area contributed by atoms with E-state index >= 15 is 0 Å². The number of rotatable bonds is 3. The third-order valence-electron chi connectivity index (χ3n) is 1.39. The van der Waals surface area contributed by atoms with Crippen LogP contribution in [0.5, 0.6) is 0 Å². The largest absolute Gasteiger partial charge is 0.476 e. The molecule has 6 nitrogen and oxygen atoms in total. The van der Waals surface area contributed by atoms with Crippen LogP contribution >= 0.6 is 23.3 Å². The highest BCUT2D eigenvalue weighted by molar-refractivity contribution is 8.00. The molecule has 76 valence electrons. The van der Waals surface area contributed by atoms with Gasteiger partial charge in [-0.15, -0.1) is 0 Å². The van der Waals surface area contributed by atoms with Crippen LogP contribution in [-0.4, -0.2) is 30.4 Å². The minimum Gasteiger partial charge on any atom is -0.476 e. The van der Waals surface area contributed by atoms with Crippen molar-refractivity contribution < 1.29 is 9.90 Å². The van der Waals surface area contributed by atoms with Crippen molar-refractivity contribution in [2.24, 2.45) is 0 Å². The highest BCUT2D eigenvalue weighted by Crippen LogP contribution is 2.27. The normalized spacial score (nSPS) is 10.1. The van der Waals surface area contributed by atoms with Gasteiger partial charge in [-0.1, -0.05) is 0 Å². The van der Waals surface area contributed by atoms with E-state index < -0.39 is 5.97 Å². The SMILES string of the molecule is O=C(O)c1nccnc1Sc1ncns1. The standard InChI is InChI=1S/C7H4N4O2S2/c12-6(13)4-5(9-2-1-8-4)14-7-10-3-11-15-7/h1-3H,(H,12,13). The van der Waals surface area contributed by atoms with Crippen molar-refractivity contribution >= 4 is 29.3 Å². The molecule has 0 saturated heterocycles. The quantitative estimate of drug-likeness (QED) is 0.861. The van der Waals surface area contributed by atoms with Gasteiger partial charge >= 0.3 is 5.97 Å². The summed E-state index contributed by atoms with van der Waals surface area (Å²) < 4.78 is 4.44. The van der Waals surface area contributed by atoms with Gasteiger partial charge in [-0.25, -0.2) is 19.7 Å². The second-order valence-electron chi connectivity index (χ2n) is 2.32. The fraction of sp³-hybridized carbons (Fsp3) is 0. The predicted molar refractivity (Wildman–Crippen MR) is 53.0 cm³/mol. The number of aromatic nitrogens is 4. The Morgan fingerprint density at radius 1 is 1.33 bits per heavy atom. The molecule has 0 aliphatic heterocycles. The molecule has 0 aliphatic carbocycles. The van der Waals surface area contributed by atoms with Crippen LogP contribution in [0.3, 0.4) is 0 Å². The van der Waals surface area contributed by atoms with Crippen molar-refractivity contribution in [1.29, 1.82) is 0 Å². The van der Waals surface area contributed by atoms with E-state index in [2.05, 4.69) is 19.3 Å². The lowest BCUT2D eigenvalue weighted by Gasteiger charge is -1.99. The molecular formula is C7H4N4O2S2. The van der Waals surface area contributed by atoms with Gasteiger partial charge in [-0.05, 0) is 23.3 Å². The molecule has 0 spiro atoms. The average molecular weight is 240 g/mol. The van der Waals surface area contributed by atoms with Crippen LogP contribution in [0.4, 0.5) is 0 Å². The first-order chi connectivity index (χ1) is 7.27. The number of aromatic carboxylic acids is 1. The maximum atomic E-state index is 10.8. The monoisotopic (exact) mass is 240 g/mol. The van der Waals surface area contributed by atoms with Crippen molar-refractivity contribution in [2.45, 2.75) is 9.37 Å². The minimum atomic E-state index is -1.10. The lowest BCUT2D eigenvalue weighted by Crippen LogP contribution is -2.03. The third-order valence-corrected chi connectivity index (χ3v) is 3.10. The number of carbonyl (C=O) groups is 1. The smallest absolute Gasteiger partial charge is 0.357 e. The molecule has 0 fully saturated rings. The van der Waals surface area contributed by atoms with Crippen LogP contribution < -0.4 is 0 Å². The molecule has 2 heterocycles. The van der Waals surface area contributed by atoms with Gasteiger partial charge in [0.25, 0.3) is 0 Å². The molecule has 0 radical (unpaired) electrons. The van der Waals surface area contributed by atoms with Crippen LogP contribution in [0.1, 0.15) is 10.5 Å². The van der Waals surface area contributed by atoms with Crippen molar-refractivity contribution in [3.8, 4) is 0 Å². The number of hydrogen-bond acceptors (Lipinski definition) is 7. The lowest BCUT2D eigenvalue weighted by molar-refractivity contribution is 0.0685. The van der Waals surface area contributed by atoms with Crippen molar-refractivity contribution in [3.63, 3.8) is 0 Å². The third kappa shape index (κ3) is 2.28. The van der Waals surface area contributed by atoms with Gasteiger partial charge in [0.2, 0.25) is 0 Å². The summed E-state index contributed by atoms with van der Waals surface area (Å²) in [6.45, 7) is 0. The molecule has 2 aromatic heterocycles. The van der Waals surface area contributed by atoms with E-state index in [0.29, 0.717) is 9.37 Å². The Kier molecular flexibility index (Phi) is 2.88. The molecule has 0 amide bonds. The minimum absolute atomic E-state index is 0.0716. The second kappa shape index (κ2) is 4.32. The van der Waals surface area contributed by atoms with Gasteiger partial charge in [0.05, 0.1) is 0 Å². The van der Waals surface area contributed by atoms with E-state index in [0.717, 1.165) is 11.8 Å². The van der Waals surface area contributed by atoms with Gasteiger partial charge in [-0.3, -0.25) is 0 Å².